The molecule has 0 atom stereocenters. The molecule has 0 radical (unpaired) electrons. The van der Waals surface area contributed by atoms with Gasteiger partial charge in [-0.3, -0.25) is 15.6 Å². The molecule has 17 heavy (non-hydrogen) atoms. The molecular weight excluding hydrogens is 228 g/mol. The molecule has 0 aliphatic carbocycles. The second-order valence-electron chi connectivity index (χ2n) is 5.99. The first-order chi connectivity index (χ1) is 7.69. The van der Waals surface area contributed by atoms with E-state index < -0.39 is 8.40 Å². The Morgan fingerprint density at radius 1 is 1.00 bits per heavy atom. The average Bonchev–Trinajstić information content (AvgIpc) is 2.23. The van der Waals surface area contributed by atoms with E-state index in [1.54, 1.807) is 0 Å². The zero-order valence-corrected chi connectivity index (χ0v) is 13.9. The van der Waals surface area contributed by atoms with Crippen molar-refractivity contribution in [1.82, 2.24) is 20.6 Å². The van der Waals surface area contributed by atoms with Crippen molar-refractivity contribution in [1.29, 1.82) is 0 Å². The SMILES string of the molecule is CNC(NC)(N[Si](C)(C)NCC(C)C)C(C)C. The third kappa shape index (κ3) is 5.48. The Morgan fingerprint density at radius 3 is 1.76 bits per heavy atom. The Labute approximate surface area is 108 Å². The Kier molecular flexibility index (Phi) is 6.87. The first-order valence-corrected chi connectivity index (χ1v) is 9.61. The Morgan fingerprint density at radius 2 is 1.47 bits per heavy atom. The maximum atomic E-state index is 3.77. The highest BCUT2D eigenvalue weighted by atomic mass is 28.3. The van der Waals surface area contributed by atoms with Crippen LogP contribution in [0.25, 0.3) is 0 Å². The molecule has 0 aromatic carbocycles. The molecule has 0 bridgehead atoms. The van der Waals surface area contributed by atoms with E-state index in [9.17, 15) is 0 Å². The summed E-state index contributed by atoms with van der Waals surface area (Å²) in [6, 6.07) is 0. The molecule has 0 unspecified atom stereocenters. The van der Waals surface area contributed by atoms with E-state index in [1.807, 2.05) is 14.1 Å². The molecule has 4 N–H and O–H groups in total. The molecule has 0 spiro atoms. The van der Waals surface area contributed by atoms with E-state index in [-0.39, 0.29) is 5.79 Å². The standard InChI is InChI=1S/C12H32N4Si/c1-10(2)9-15-17(7,8)16-12(13-5,14-6)11(3)4/h10-11,13-16H,9H2,1-8H3. The third-order valence-corrected chi connectivity index (χ3v) is 5.22. The van der Waals surface area contributed by atoms with Gasteiger partial charge in [-0.25, -0.2) is 0 Å². The summed E-state index contributed by atoms with van der Waals surface area (Å²) in [5, 5.41) is 6.76. The summed E-state index contributed by atoms with van der Waals surface area (Å²) in [7, 11) is 2.36. The van der Waals surface area contributed by atoms with Crippen molar-refractivity contribution < 1.29 is 0 Å². The largest absolute Gasteiger partial charge is 0.325 e. The van der Waals surface area contributed by atoms with Gasteiger partial charge in [-0.1, -0.05) is 27.7 Å². The van der Waals surface area contributed by atoms with Crippen LogP contribution >= 0.6 is 0 Å². The fraction of sp³-hybridized carbons (Fsp3) is 1.00. The van der Waals surface area contributed by atoms with Gasteiger partial charge in [0, 0.05) is 0 Å². The molecule has 0 amide bonds. The van der Waals surface area contributed by atoms with Gasteiger partial charge < -0.3 is 4.98 Å². The molecule has 5 heteroatoms. The molecule has 0 saturated carbocycles. The van der Waals surface area contributed by atoms with Gasteiger partial charge >= 0.3 is 0 Å². The smallest absolute Gasteiger partial charge is 0.197 e. The van der Waals surface area contributed by atoms with Crippen LogP contribution in [0.3, 0.4) is 0 Å². The predicted molar refractivity (Wildman–Crippen MR) is 79.1 cm³/mol. The fourth-order valence-corrected chi connectivity index (χ4v) is 4.50. The second kappa shape index (κ2) is 6.85. The minimum absolute atomic E-state index is 0.195. The predicted octanol–water partition coefficient (Wildman–Crippen LogP) is 1.27. The minimum atomic E-state index is -1.63. The number of hydrogen-bond donors (Lipinski definition) is 4. The van der Waals surface area contributed by atoms with Gasteiger partial charge in [0.25, 0.3) is 0 Å². The summed E-state index contributed by atoms with van der Waals surface area (Å²) in [4.78, 5) is 7.45. The van der Waals surface area contributed by atoms with E-state index in [4.69, 9.17) is 0 Å². The van der Waals surface area contributed by atoms with Crippen LogP contribution in [-0.2, 0) is 0 Å². The van der Waals surface area contributed by atoms with Gasteiger partial charge in [0.15, 0.2) is 8.40 Å². The van der Waals surface area contributed by atoms with Gasteiger partial charge in [0.05, 0.1) is 0 Å². The molecule has 0 heterocycles. The molecule has 0 aromatic rings. The van der Waals surface area contributed by atoms with Gasteiger partial charge in [-0.2, -0.15) is 0 Å². The van der Waals surface area contributed by atoms with Crippen molar-refractivity contribution in [3.8, 4) is 0 Å². The molecule has 4 nitrogen and oxygen atoms in total. The highest BCUT2D eigenvalue weighted by Gasteiger charge is 2.36. The van der Waals surface area contributed by atoms with Crippen LogP contribution in [-0.4, -0.2) is 34.8 Å². The molecule has 0 aromatic heterocycles. The van der Waals surface area contributed by atoms with Gasteiger partial charge in [0.1, 0.15) is 5.79 Å². The maximum absolute atomic E-state index is 3.77. The Hall–Kier alpha value is 0.0569. The van der Waals surface area contributed by atoms with E-state index >= 15 is 0 Å². The summed E-state index contributed by atoms with van der Waals surface area (Å²) in [6.45, 7) is 14.6. The molecule has 0 rings (SSSR count). The van der Waals surface area contributed by atoms with Gasteiger partial charge in [0.2, 0.25) is 0 Å². The zero-order chi connectivity index (χ0) is 13.7. The van der Waals surface area contributed by atoms with Crippen LogP contribution in [0.15, 0.2) is 0 Å². The topological polar surface area (TPSA) is 48.1 Å². The maximum Gasteiger partial charge on any atom is 0.197 e. The molecular formula is C12H32N4Si. The minimum Gasteiger partial charge on any atom is -0.325 e. The molecule has 0 aliphatic heterocycles. The van der Waals surface area contributed by atoms with Crippen molar-refractivity contribution in [2.45, 2.75) is 46.6 Å². The Balaban J connectivity index is 4.62. The van der Waals surface area contributed by atoms with Crippen LogP contribution in [0.2, 0.25) is 13.1 Å². The van der Waals surface area contributed by atoms with Crippen LogP contribution in [0.4, 0.5) is 0 Å². The average molecular weight is 261 g/mol. The summed E-state index contributed by atoms with van der Waals surface area (Å²) >= 11 is 0. The van der Waals surface area contributed by atoms with Crippen LogP contribution in [0.1, 0.15) is 27.7 Å². The number of nitrogens with one attached hydrogen (secondary N) is 4. The normalized spacial score (nSPS) is 13.8. The zero-order valence-electron chi connectivity index (χ0n) is 12.9. The van der Waals surface area contributed by atoms with Crippen molar-refractivity contribution in [2.75, 3.05) is 20.6 Å². The lowest BCUT2D eigenvalue weighted by atomic mass is 10.1. The van der Waals surface area contributed by atoms with Crippen molar-refractivity contribution in [3.63, 3.8) is 0 Å². The lowest BCUT2D eigenvalue weighted by Crippen LogP contribution is -2.77. The first kappa shape index (κ1) is 17.1. The van der Waals surface area contributed by atoms with E-state index in [0.717, 1.165) is 6.54 Å². The lowest BCUT2D eigenvalue weighted by Gasteiger charge is -2.44. The van der Waals surface area contributed by atoms with Crippen molar-refractivity contribution >= 4 is 8.40 Å². The van der Waals surface area contributed by atoms with E-state index in [1.165, 1.54) is 0 Å². The molecule has 0 saturated heterocycles. The molecule has 104 valence electrons. The monoisotopic (exact) mass is 260 g/mol. The van der Waals surface area contributed by atoms with Crippen LogP contribution in [0.5, 0.6) is 0 Å². The number of hydrogen-bond acceptors (Lipinski definition) is 4. The van der Waals surface area contributed by atoms with Gasteiger partial charge in [-0.05, 0) is 45.6 Å². The second-order valence-corrected chi connectivity index (χ2v) is 9.84. The Bertz CT molecular complexity index is 213. The summed E-state index contributed by atoms with van der Waals surface area (Å²) in [5.41, 5.74) is 0. The van der Waals surface area contributed by atoms with E-state index in [2.05, 4.69) is 61.4 Å². The third-order valence-electron chi connectivity index (χ3n) is 3.12. The molecule has 0 fully saturated rings. The number of rotatable bonds is 8. The van der Waals surface area contributed by atoms with E-state index in [0.29, 0.717) is 11.8 Å². The summed E-state index contributed by atoms with van der Waals surface area (Å²) in [5.74, 6) is 0.950. The van der Waals surface area contributed by atoms with Crippen molar-refractivity contribution in [2.24, 2.45) is 11.8 Å². The quantitative estimate of drug-likeness (QED) is 0.392. The van der Waals surface area contributed by atoms with Crippen LogP contribution in [0, 0.1) is 11.8 Å². The van der Waals surface area contributed by atoms with Crippen LogP contribution < -0.4 is 20.6 Å². The highest BCUT2D eigenvalue weighted by Crippen LogP contribution is 2.12. The first-order valence-electron chi connectivity index (χ1n) is 6.61. The fourth-order valence-electron chi connectivity index (χ4n) is 1.97. The van der Waals surface area contributed by atoms with Gasteiger partial charge in [-0.15, -0.1) is 0 Å². The molecule has 0 aliphatic rings. The summed E-state index contributed by atoms with van der Waals surface area (Å²) < 4.78 is 0. The van der Waals surface area contributed by atoms with Crippen molar-refractivity contribution in [3.05, 3.63) is 0 Å². The summed E-state index contributed by atoms with van der Waals surface area (Å²) in [6.07, 6.45) is 0. The highest BCUT2D eigenvalue weighted by molar-refractivity contribution is 6.72. The lowest BCUT2D eigenvalue weighted by molar-refractivity contribution is 0.186.